The number of nitrogens with one attached hydrogen (secondary N) is 1. The molecule has 1 amide bonds. The van der Waals surface area contributed by atoms with E-state index in [4.69, 9.17) is 5.73 Å². The fourth-order valence-electron chi connectivity index (χ4n) is 4.63. The molecule has 0 spiro atoms. The number of aromatic nitrogens is 3. The molecule has 1 aromatic carbocycles. The van der Waals surface area contributed by atoms with Gasteiger partial charge in [-0.25, -0.2) is 9.37 Å². The van der Waals surface area contributed by atoms with Gasteiger partial charge in [-0.1, -0.05) is 49.1 Å². The number of hydrogen-bond donors (Lipinski definition) is 2. The Kier molecular flexibility index (Phi) is 7.04. The summed E-state index contributed by atoms with van der Waals surface area (Å²) in [5.74, 6) is -1.17. The van der Waals surface area contributed by atoms with Crippen molar-refractivity contribution in [2.75, 3.05) is 16.0 Å². The maximum Gasteiger partial charge on any atom is 0.236 e. The zero-order valence-corrected chi connectivity index (χ0v) is 22.8. The maximum absolute atomic E-state index is 13.7. The summed E-state index contributed by atoms with van der Waals surface area (Å²) in [5.41, 5.74) is 8.18. The van der Waals surface area contributed by atoms with E-state index in [1.165, 1.54) is 46.6 Å². The molecule has 38 heavy (non-hydrogen) atoms. The van der Waals surface area contributed by atoms with Crippen LogP contribution in [0.2, 0.25) is 0 Å². The number of allylic oxidation sites excluding steroid dienone is 3. The van der Waals surface area contributed by atoms with Crippen molar-refractivity contribution in [1.29, 1.82) is 5.26 Å². The molecule has 9 nitrogen and oxygen atoms in total. The van der Waals surface area contributed by atoms with E-state index in [2.05, 4.69) is 26.6 Å². The molecule has 2 aromatic heterocycles. The van der Waals surface area contributed by atoms with Gasteiger partial charge in [0.1, 0.15) is 11.6 Å². The molecule has 5 rings (SSSR count). The van der Waals surface area contributed by atoms with Gasteiger partial charge in [-0.05, 0) is 29.5 Å². The number of nitriles is 1. The van der Waals surface area contributed by atoms with Crippen LogP contribution in [-0.2, 0) is 9.59 Å². The first-order valence-electron chi connectivity index (χ1n) is 11.5. The largest absolute Gasteiger partial charge is 0.384 e. The zero-order chi connectivity index (χ0) is 27.0. The topological polar surface area (TPSA) is 138 Å². The third kappa shape index (κ3) is 5.07. The van der Waals surface area contributed by atoms with Gasteiger partial charge in [0, 0.05) is 29.3 Å². The Morgan fingerprint density at radius 1 is 1.32 bits per heavy atom. The number of rotatable bonds is 6. The molecular weight excluding hydrogens is 546 g/mol. The predicted molar refractivity (Wildman–Crippen MR) is 145 cm³/mol. The van der Waals surface area contributed by atoms with Crippen LogP contribution in [0.15, 0.2) is 62.8 Å². The summed E-state index contributed by atoms with van der Waals surface area (Å²) in [7, 11) is 0. The standard InChI is InChI=1S/C25H22FN7O2S3/c1-25(2)9-16-20(17(34)10-25)19(13-3-5-14(26)6-4-13)15(11-27)21(28)33(16)23-31-32-24(38-23)37-12-18(35)30-22-29-7-8-36-22/h3-8,19H,9-10,12,28H2,1-2H3,(H,29,30,35). The van der Waals surface area contributed by atoms with Crippen LogP contribution in [0.1, 0.15) is 38.2 Å². The molecular formula is C25H22FN7O2S3. The van der Waals surface area contributed by atoms with Crippen molar-refractivity contribution in [2.24, 2.45) is 11.1 Å². The lowest BCUT2D eigenvalue weighted by Crippen LogP contribution is -2.42. The average molecular weight is 568 g/mol. The van der Waals surface area contributed by atoms with E-state index >= 15 is 0 Å². The first-order chi connectivity index (χ1) is 18.2. The quantitative estimate of drug-likeness (QED) is 0.402. The number of thioether (sulfide) groups is 1. The molecule has 1 aliphatic carbocycles. The van der Waals surface area contributed by atoms with E-state index < -0.39 is 11.7 Å². The Hall–Kier alpha value is -3.60. The SMILES string of the molecule is CC1(C)CC(=O)C2=C(C1)N(c1nnc(SCC(=O)Nc3nccs3)s1)C(N)=C(C#N)C2c1ccc(F)cc1. The van der Waals surface area contributed by atoms with Gasteiger partial charge in [0.15, 0.2) is 15.3 Å². The Morgan fingerprint density at radius 3 is 2.76 bits per heavy atom. The molecule has 0 fully saturated rings. The van der Waals surface area contributed by atoms with Crippen LogP contribution >= 0.6 is 34.4 Å². The third-order valence-electron chi connectivity index (χ3n) is 6.18. The average Bonchev–Trinajstić information content (AvgIpc) is 3.54. The molecule has 194 valence electrons. The number of thiazole rings is 1. The smallest absolute Gasteiger partial charge is 0.236 e. The number of Topliss-reactive ketones (excluding diaryl/α,β-unsaturated/α-hetero) is 1. The fraction of sp³-hybridized carbons (Fsp3) is 0.280. The van der Waals surface area contributed by atoms with Gasteiger partial charge >= 0.3 is 0 Å². The van der Waals surface area contributed by atoms with E-state index in [9.17, 15) is 19.2 Å². The van der Waals surface area contributed by atoms with Crippen LogP contribution in [0.4, 0.5) is 14.7 Å². The van der Waals surface area contributed by atoms with E-state index in [1.807, 2.05) is 13.8 Å². The number of amides is 1. The number of benzene rings is 1. The van der Waals surface area contributed by atoms with Gasteiger partial charge in [-0.3, -0.25) is 14.5 Å². The second-order valence-electron chi connectivity index (χ2n) is 9.56. The number of carbonyl (C=O) groups is 2. The van der Waals surface area contributed by atoms with Crippen molar-refractivity contribution in [3.63, 3.8) is 0 Å². The van der Waals surface area contributed by atoms with E-state index in [-0.39, 0.29) is 34.3 Å². The highest BCUT2D eigenvalue weighted by Crippen LogP contribution is 2.50. The zero-order valence-electron chi connectivity index (χ0n) is 20.4. The first kappa shape index (κ1) is 26.0. The summed E-state index contributed by atoms with van der Waals surface area (Å²) >= 11 is 3.76. The summed E-state index contributed by atoms with van der Waals surface area (Å²) < 4.78 is 14.2. The number of nitrogens with zero attached hydrogens (tertiary/aromatic N) is 5. The molecule has 3 N–H and O–H groups in total. The van der Waals surface area contributed by atoms with Crippen LogP contribution < -0.4 is 16.0 Å². The number of ketones is 1. The van der Waals surface area contributed by atoms with Crippen LogP contribution in [0.3, 0.4) is 0 Å². The Balaban J connectivity index is 1.50. The highest BCUT2D eigenvalue weighted by molar-refractivity contribution is 8.01. The van der Waals surface area contributed by atoms with Crippen LogP contribution in [-0.4, -0.2) is 32.6 Å². The second-order valence-corrected chi connectivity index (χ2v) is 12.6. The number of hydrogen-bond acceptors (Lipinski definition) is 11. The lowest BCUT2D eigenvalue weighted by Gasteiger charge is -2.42. The lowest BCUT2D eigenvalue weighted by atomic mass is 9.69. The molecule has 0 saturated carbocycles. The molecule has 0 saturated heterocycles. The number of nitrogens with two attached hydrogens (primary N) is 1. The van der Waals surface area contributed by atoms with Crippen molar-refractivity contribution < 1.29 is 14.0 Å². The maximum atomic E-state index is 13.7. The number of anilines is 2. The summed E-state index contributed by atoms with van der Waals surface area (Å²) in [6.07, 6.45) is 2.43. The van der Waals surface area contributed by atoms with Gasteiger partial charge in [0.05, 0.1) is 23.3 Å². The monoisotopic (exact) mass is 567 g/mol. The molecule has 3 heterocycles. The van der Waals surface area contributed by atoms with E-state index in [1.54, 1.807) is 28.6 Å². The van der Waals surface area contributed by atoms with Crippen molar-refractivity contribution in [1.82, 2.24) is 15.2 Å². The van der Waals surface area contributed by atoms with Gasteiger partial charge in [-0.15, -0.1) is 21.5 Å². The summed E-state index contributed by atoms with van der Waals surface area (Å²) in [6, 6.07) is 7.96. The normalized spacial score (nSPS) is 18.8. The highest BCUT2D eigenvalue weighted by atomic mass is 32.2. The Labute approximate surface area is 230 Å². The summed E-state index contributed by atoms with van der Waals surface area (Å²) in [4.78, 5) is 31.5. The minimum Gasteiger partial charge on any atom is -0.384 e. The molecule has 1 atom stereocenters. The molecule has 13 heteroatoms. The minimum absolute atomic E-state index is 0.0891. The molecule has 1 unspecified atom stereocenters. The van der Waals surface area contributed by atoms with E-state index in [0.717, 1.165) is 0 Å². The van der Waals surface area contributed by atoms with Gasteiger partial charge < -0.3 is 11.1 Å². The van der Waals surface area contributed by atoms with Crippen molar-refractivity contribution in [3.8, 4) is 6.07 Å². The van der Waals surface area contributed by atoms with Gasteiger partial charge in [0.25, 0.3) is 0 Å². The summed E-state index contributed by atoms with van der Waals surface area (Å²) in [5, 5.41) is 24.1. The molecule has 0 bridgehead atoms. The Morgan fingerprint density at radius 2 is 2.08 bits per heavy atom. The minimum atomic E-state index is -0.702. The Bertz CT molecular complexity index is 1500. The number of halogens is 1. The van der Waals surface area contributed by atoms with Crippen LogP contribution in [0.5, 0.6) is 0 Å². The van der Waals surface area contributed by atoms with Crippen molar-refractivity contribution >= 4 is 56.4 Å². The van der Waals surface area contributed by atoms with Crippen LogP contribution in [0.25, 0.3) is 0 Å². The second kappa shape index (κ2) is 10.3. The first-order valence-corrected chi connectivity index (χ1v) is 14.2. The molecule has 2 aliphatic rings. The van der Waals surface area contributed by atoms with Gasteiger partial charge in [-0.2, -0.15) is 5.26 Å². The van der Waals surface area contributed by atoms with Crippen LogP contribution in [0, 0.1) is 22.6 Å². The van der Waals surface area contributed by atoms with Crippen molar-refractivity contribution in [2.45, 2.75) is 36.9 Å². The molecule has 1 aliphatic heterocycles. The predicted octanol–water partition coefficient (Wildman–Crippen LogP) is 4.81. The fourth-order valence-corrected chi connectivity index (χ4v) is 6.86. The van der Waals surface area contributed by atoms with Crippen molar-refractivity contribution in [3.05, 3.63) is 69.9 Å². The molecule has 3 aromatic rings. The van der Waals surface area contributed by atoms with Gasteiger partial charge in [0.2, 0.25) is 11.0 Å². The van der Waals surface area contributed by atoms with E-state index in [0.29, 0.717) is 44.3 Å². The molecule has 0 radical (unpaired) electrons. The number of carbonyl (C=O) groups excluding carboxylic acids is 2. The third-order valence-corrected chi connectivity index (χ3v) is 8.91. The highest BCUT2D eigenvalue weighted by Gasteiger charge is 2.45. The summed E-state index contributed by atoms with van der Waals surface area (Å²) in [6.45, 7) is 4.00. The lowest BCUT2D eigenvalue weighted by molar-refractivity contribution is -0.118.